The molecule has 0 bridgehead atoms. The molecule has 0 N–H and O–H groups in total. The number of hydrogen-bond acceptors (Lipinski definition) is 4. The van der Waals surface area contributed by atoms with E-state index in [1.807, 2.05) is 0 Å². The zero-order valence-corrected chi connectivity index (χ0v) is 12.9. The number of amides is 1. The van der Waals surface area contributed by atoms with Gasteiger partial charge in [0.1, 0.15) is 18.0 Å². The molecular weight excluding hydrogens is 287 g/mol. The van der Waals surface area contributed by atoms with Gasteiger partial charge in [-0.3, -0.25) is 9.59 Å². The van der Waals surface area contributed by atoms with E-state index in [0.29, 0.717) is 12.1 Å². The SMILES string of the molecule is CC(C)(C)OC(=O)CN1N=C(c2ccc(F)cc2)CCC1=O. The molecule has 22 heavy (non-hydrogen) atoms. The van der Waals surface area contributed by atoms with Crippen LogP contribution in [0.5, 0.6) is 0 Å². The predicted octanol–water partition coefficient (Wildman–Crippen LogP) is 2.49. The number of esters is 1. The van der Waals surface area contributed by atoms with Crippen LogP contribution in [0.2, 0.25) is 0 Å². The zero-order valence-electron chi connectivity index (χ0n) is 12.9. The highest BCUT2D eigenvalue weighted by atomic mass is 19.1. The third-order valence-corrected chi connectivity index (χ3v) is 2.98. The molecule has 0 atom stereocenters. The van der Waals surface area contributed by atoms with Crippen molar-refractivity contribution in [3.63, 3.8) is 0 Å². The highest BCUT2D eigenvalue weighted by Crippen LogP contribution is 2.16. The lowest BCUT2D eigenvalue weighted by Gasteiger charge is -2.25. The molecule has 1 aromatic rings. The molecule has 5 nitrogen and oxygen atoms in total. The van der Waals surface area contributed by atoms with E-state index >= 15 is 0 Å². The Morgan fingerprint density at radius 3 is 2.50 bits per heavy atom. The molecule has 1 aliphatic heterocycles. The van der Waals surface area contributed by atoms with Crippen molar-refractivity contribution in [1.29, 1.82) is 0 Å². The van der Waals surface area contributed by atoms with Crippen molar-refractivity contribution in [1.82, 2.24) is 5.01 Å². The van der Waals surface area contributed by atoms with Crippen molar-refractivity contribution in [3.05, 3.63) is 35.6 Å². The molecule has 0 spiro atoms. The van der Waals surface area contributed by atoms with Gasteiger partial charge in [-0.1, -0.05) is 12.1 Å². The van der Waals surface area contributed by atoms with Gasteiger partial charge < -0.3 is 4.74 Å². The van der Waals surface area contributed by atoms with Gasteiger partial charge in [-0.15, -0.1) is 0 Å². The van der Waals surface area contributed by atoms with Crippen LogP contribution in [0.4, 0.5) is 4.39 Å². The lowest BCUT2D eigenvalue weighted by Crippen LogP contribution is -2.38. The Bertz CT molecular complexity index is 603. The quantitative estimate of drug-likeness (QED) is 0.806. The summed E-state index contributed by atoms with van der Waals surface area (Å²) in [5.41, 5.74) is 0.783. The number of ether oxygens (including phenoxy) is 1. The first-order valence-corrected chi connectivity index (χ1v) is 7.10. The molecular formula is C16H19FN2O3. The Morgan fingerprint density at radius 2 is 1.91 bits per heavy atom. The fraction of sp³-hybridized carbons (Fsp3) is 0.438. The summed E-state index contributed by atoms with van der Waals surface area (Å²) in [6.45, 7) is 5.06. The molecule has 0 aliphatic carbocycles. The minimum absolute atomic E-state index is 0.221. The molecule has 0 saturated heterocycles. The third kappa shape index (κ3) is 4.38. The van der Waals surface area contributed by atoms with Crippen LogP contribution in [0.25, 0.3) is 0 Å². The second-order valence-corrected chi connectivity index (χ2v) is 6.09. The fourth-order valence-electron chi connectivity index (χ4n) is 2.07. The first kappa shape index (κ1) is 16.1. The Balaban J connectivity index is 2.12. The summed E-state index contributed by atoms with van der Waals surface area (Å²) >= 11 is 0. The van der Waals surface area contributed by atoms with Crippen LogP contribution in [0.15, 0.2) is 29.4 Å². The van der Waals surface area contributed by atoms with Crippen LogP contribution >= 0.6 is 0 Å². The van der Waals surface area contributed by atoms with E-state index in [1.54, 1.807) is 32.9 Å². The summed E-state index contributed by atoms with van der Waals surface area (Å²) in [7, 11) is 0. The Hall–Kier alpha value is -2.24. The molecule has 1 heterocycles. The summed E-state index contributed by atoms with van der Waals surface area (Å²) in [4.78, 5) is 23.7. The van der Waals surface area contributed by atoms with Crippen molar-refractivity contribution >= 4 is 17.6 Å². The topological polar surface area (TPSA) is 59.0 Å². The number of rotatable bonds is 3. The van der Waals surface area contributed by atoms with E-state index in [1.165, 1.54) is 12.1 Å². The van der Waals surface area contributed by atoms with Gasteiger partial charge in [-0.05, 0) is 38.5 Å². The molecule has 1 aromatic carbocycles. The van der Waals surface area contributed by atoms with Crippen molar-refractivity contribution in [3.8, 4) is 0 Å². The Kier molecular flexibility index (Phi) is 4.59. The van der Waals surface area contributed by atoms with Crippen LogP contribution < -0.4 is 0 Å². The van der Waals surface area contributed by atoms with Crippen LogP contribution in [-0.4, -0.2) is 34.7 Å². The number of halogens is 1. The summed E-state index contributed by atoms with van der Waals surface area (Å²) in [6, 6.07) is 5.89. The Morgan fingerprint density at radius 1 is 1.27 bits per heavy atom. The summed E-state index contributed by atoms with van der Waals surface area (Å²) in [6.07, 6.45) is 0.730. The maximum absolute atomic E-state index is 13.0. The van der Waals surface area contributed by atoms with Crippen molar-refractivity contribution in [2.75, 3.05) is 6.54 Å². The number of nitrogens with zero attached hydrogens (tertiary/aromatic N) is 2. The van der Waals surface area contributed by atoms with Gasteiger partial charge in [0.05, 0.1) is 5.71 Å². The van der Waals surface area contributed by atoms with Crippen molar-refractivity contribution < 1.29 is 18.7 Å². The normalized spacial score (nSPS) is 15.5. The average molecular weight is 306 g/mol. The highest BCUT2D eigenvalue weighted by Gasteiger charge is 2.25. The van der Waals surface area contributed by atoms with E-state index in [4.69, 9.17) is 4.74 Å². The standard InChI is InChI=1S/C16H19FN2O3/c1-16(2,3)22-15(21)10-19-14(20)9-8-13(18-19)11-4-6-12(17)7-5-11/h4-7H,8-10H2,1-3H3. The Labute approximate surface area is 128 Å². The second-order valence-electron chi connectivity index (χ2n) is 6.09. The van der Waals surface area contributed by atoms with E-state index in [2.05, 4.69) is 5.10 Å². The summed E-state index contributed by atoms with van der Waals surface area (Å²) in [5.74, 6) is -1.07. The second kappa shape index (κ2) is 6.25. The predicted molar refractivity (Wildman–Crippen MR) is 79.7 cm³/mol. The van der Waals surface area contributed by atoms with E-state index in [9.17, 15) is 14.0 Å². The van der Waals surface area contributed by atoms with Gasteiger partial charge in [-0.2, -0.15) is 5.10 Å². The molecule has 118 valence electrons. The molecule has 1 aliphatic rings. The van der Waals surface area contributed by atoms with Gasteiger partial charge in [0.15, 0.2) is 0 Å². The minimum Gasteiger partial charge on any atom is -0.459 e. The number of carbonyl (C=O) groups is 2. The van der Waals surface area contributed by atoms with Crippen LogP contribution in [0.3, 0.4) is 0 Å². The van der Waals surface area contributed by atoms with Gasteiger partial charge in [0.2, 0.25) is 5.91 Å². The smallest absolute Gasteiger partial charge is 0.328 e. The lowest BCUT2D eigenvalue weighted by molar-refractivity contribution is -0.159. The van der Waals surface area contributed by atoms with E-state index < -0.39 is 11.6 Å². The largest absolute Gasteiger partial charge is 0.459 e. The van der Waals surface area contributed by atoms with E-state index in [0.717, 1.165) is 10.6 Å². The molecule has 0 saturated carbocycles. The zero-order chi connectivity index (χ0) is 16.3. The van der Waals surface area contributed by atoms with Crippen molar-refractivity contribution in [2.24, 2.45) is 5.10 Å². The van der Waals surface area contributed by atoms with Gasteiger partial charge in [-0.25, -0.2) is 9.40 Å². The van der Waals surface area contributed by atoms with Gasteiger partial charge in [0, 0.05) is 12.8 Å². The number of hydrazone groups is 1. The van der Waals surface area contributed by atoms with Crippen LogP contribution in [0, 0.1) is 5.82 Å². The highest BCUT2D eigenvalue weighted by molar-refractivity contribution is 6.04. The molecule has 0 unspecified atom stereocenters. The van der Waals surface area contributed by atoms with Crippen LogP contribution in [0.1, 0.15) is 39.2 Å². The monoisotopic (exact) mass is 306 g/mol. The number of benzene rings is 1. The maximum Gasteiger partial charge on any atom is 0.328 e. The first-order valence-electron chi connectivity index (χ1n) is 7.10. The van der Waals surface area contributed by atoms with Gasteiger partial charge >= 0.3 is 5.97 Å². The molecule has 2 rings (SSSR count). The number of carbonyl (C=O) groups excluding carboxylic acids is 2. The van der Waals surface area contributed by atoms with Crippen molar-refractivity contribution in [2.45, 2.75) is 39.2 Å². The maximum atomic E-state index is 13.0. The molecule has 0 aromatic heterocycles. The molecule has 6 heteroatoms. The summed E-state index contributed by atoms with van der Waals surface area (Å²) in [5, 5.41) is 5.33. The fourth-order valence-corrected chi connectivity index (χ4v) is 2.07. The lowest BCUT2D eigenvalue weighted by atomic mass is 10.0. The average Bonchev–Trinajstić information content (AvgIpc) is 2.40. The first-order chi connectivity index (χ1) is 10.2. The third-order valence-electron chi connectivity index (χ3n) is 2.98. The van der Waals surface area contributed by atoms with E-state index in [-0.39, 0.29) is 24.7 Å². The molecule has 1 amide bonds. The minimum atomic E-state index is -0.612. The molecule has 0 radical (unpaired) electrons. The molecule has 0 fully saturated rings. The van der Waals surface area contributed by atoms with Gasteiger partial charge in [0.25, 0.3) is 0 Å². The van der Waals surface area contributed by atoms with Crippen LogP contribution in [-0.2, 0) is 14.3 Å². The number of hydrogen-bond donors (Lipinski definition) is 0. The summed E-state index contributed by atoms with van der Waals surface area (Å²) < 4.78 is 18.2.